The number of H-pyrrole nitrogens is 1. The molecular weight excluding hydrogens is 278 g/mol. The summed E-state index contributed by atoms with van der Waals surface area (Å²) < 4.78 is 1.75. The van der Waals surface area contributed by atoms with Crippen LogP contribution in [0.5, 0.6) is 0 Å². The summed E-state index contributed by atoms with van der Waals surface area (Å²) in [6.45, 7) is 6.04. The van der Waals surface area contributed by atoms with Crippen LogP contribution in [0.15, 0.2) is 41.3 Å². The molecule has 2 N–H and O–H groups in total. The second-order valence-corrected chi connectivity index (χ2v) is 5.61. The molecule has 3 rings (SSSR count). The minimum Gasteiger partial charge on any atom is -0.349 e. The monoisotopic (exact) mass is 297 g/mol. The Bertz CT molecular complexity index is 835. The van der Waals surface area contributed by atoms with Gasteiger partial charge in [-0.25, -0.2) is 4.68 Å². The number of anilines is 1. The van der Waals surface area contributed by atoms with Crippen molar-refractivity contribution >= 4 is 17.0 Å². The van der Waals surface area contributed by atoms with E-state index >= 15 is 0 Å². The summed E-state index contributed by atoms with van der Waals surface area (Å²) in [6, 6.07) is 10.2. The Morgan fingerprint density at radius 3 is 2.59 bits per heavy atom. The van der Waals surface area contributed by atoms with Gasteiger partial charge < -0.3 is 5.32 Å². The molecule has 0 fully saturated rings. The summed E-state index contributed by atoms with van der Waals surface area (Å²) in [5.41, 5.74) is 1.55. The number of rotatable bonds is 4. The smallest absolute Gasteiger partial charge is 0.263 e. The third kappa shape index (κ3) is 2.59. The predicted molar refractivity (Wildman–Crippen MR) is 87.0 cm³/mol. The van der Waals surface area contributed by atoms with Gasteiger partial charge in [0.2, 0.25) is 5.95 Å². The Morgan fingerprint density at radius 2 is 1.91 bits per heavy atom. The van der Waals surface area contributed by atoms with Crippen LogP contribution in [0.4, 0.5) is 5.95 Å². The molecule has 1 atom stereocenters. The number of aromatic nitrogens is 4. The fraction of sp³-hybridized carbons (Fsp3) is 0.312. The van der Waals surface area contributed by atoms with E-state index in [2.05, 4.69) is 20.4 Å². The Kier molecular flexibility index (Phi) is 3.66. The van der Waals surface area contributed by atoms with Crippen LogP contribution in [0.3, 0.4) is 0 Å². The molecule has 0 spiro atoms. The molecule has 0 bridgehead atoms. The van der Waals surface area contributed by atoms with Crippen LogP contribution in [0.1, 0.15) is 38.4 Å². The average molecular weight is 297 g/mol. The molecule has 0 aliphatic heterocycles. The second kappa shape index (κ2) is 5.63. The quantitative estimate of drug-likeness (QED) is 0.776. The molecule has 0 aliphatic carbocycles. The fourth-order valence-electron chi connectivity index (χ4n) is 2.41. The van der Waals surface area contributed by atoms with E-state index in [1.165, 1.54) is 0 Å². The van der Waals surface area contributed by atoms with Crippen molar-refractivity contribution in [1.82, 2.24) is 19.7 Å². The molecule has 2 heterocycles. The lowest BCUT2D eigenvalue weighted by molar-refractivity contribution is 0.546. The van der Waals surface area contributed by atoms with E-state index in [-0.39, 0.29) is 17.6 Å². The first-order valence-corrected chi connectivity index (χ1v) is 7.35. The van der Waals surface area contributed by atoms with Gasteiger partial charge in [0.15, 0.2) is 5.65 Å². The van der Waals surface area contributed by atoms with Crippen LogP contribution in [-0.4, -0.2) is 19.7 Å². The average Bonchev–Trinajstić information content (AvgIpc) is 2.92. The van der Waals surface area contributed by atoms with E-state index < -0.39 is 0 Å². The number of fused-ring (bicyclic) bond motifs is 1. The van der Waals surface area contributed by atoms with Gasteiger partial charge in [-0.3, -0.25) is 9.78 Å². The molecule has 0 saturated carbocycles. The molecule has 6 heteroatoms. The number of hydrogen-bond donors (Lipinski definition) is 2. The number of aromatic amines is 1. The first-order valence-electron chi connectivity index (χ1n) is 7.35. The zero-order chi connectivity index (χ0) is 15.7. The number of nitrogens with zero attached hydrogens (tertiary/aromatic N) is 3. The van der Waals surface area contributed by atoms with Crippen molar-refractivity contribution in [2.24, 2.45) is 0 Å². The van der Waals surface area contributed by atoms with Crippen molar-refractivity contribution in [3.63, 3.8) is 0 Å². The number of hydrogen-bond acceptors (Lipinski definition) is 4. The summed E-state index contributed by atoms with van der Waals surface area (Å²) in [6.07, 6.45) is 1.56. The minimum absolute atomic E-state index is 0.0391. The van der Waals surface area contributed by atoms with Crippen molar-refractivity contribution in [2.75, 3.05) is 5.32 Å². The normalized spacial score (nSPS) is 12.7. The second-order valence-electron chi connectivity index (χ2n) is 5.61. The van der Waals surface area contributed by atoms with Crippen LogP contribution in [0, 0.1) is 0 Å². The zero-order valence-electron chi connectivity index (χ0n) is 12.9. The maximum Gasteiger partial charge on any atom is 0.263 e. The van der Waals surface area contributed by atoms with Gasteiger partial charge in [0, 0.05) is 6.04 Å². The third-order valence-electron chi connectivity index (χ3n) is 3.61. The van der Waals surface area contributed by atoms with Crippen molar-refractivity contribution in [1.29, 1.82) is 0 Å². The molecule has 3 aromatic rings. The molecule has 0 radical (unpaired) electrons. The van der Waals surface area contributed by atoms with Crippen LogP contribution >= 0.6 is 0 Å². The highest BCUT2D eigenvalue weighted by Crippen LogP contribution is 2.18. The fourth-order valence-corrected chi connectivity index (χ4v) is 2.41. The van der Waals surface area contributed by atoms with E-state index in [0.717, 1.165) is 5.56 Å². The molecule has 0 aliphatic rings. The van der Waals surface area contributed by atoms with Gasteiger partial charge in [0.1, 0.15) is 5.39 Å². The lowest BCUT2D eigenvalue weighted by atomic mass is 10.1. The van der Waals surface area contributed by atoms with Crippen molar-refractivity contribution in [3.05, 3.63) is 52.4 Å². The van der Waals surface area contributed by atoms with Gasteiger partial charge in [0.25, 0.3) is 5.56 Å². The Balaban J connectivity index is 1.98. The zero-order valence-corrected chi connectivity index (χ0v) is 12.9. The lowest BCUT2D eigenvalue weighted by Gasteiger charge is -2.15. The van der Waals surface area contributed by atoms with Gasteiger partial charge in [0.05, 0.1) is 12.2 Å². The molecule has 22 heavy (non-hydrogen) atoms. The molecule has 2 aromatic heterocycles. The minimum atomic E-state index is -0.181. The highest BCUT2D eigenvalue weighted by molar-refractivity contribution is 5.74. The summed E-state index contributed by atoms with van der Waals surface area (Å²) in [4.78, 5) is 19.5. The van der Waals surface area contributed by atoms with E-state index in [4.69, 9.17) is 0 Å². The molecular formula is C16H19N5O. The maximum absolute atomic E-state index is 12.2. The van der Waals surface area contributed by atoms with E-state index in [0.29, 0.717) is 17.0 Å². The van der Waals surface area contributed by atoms with Gasteiger partial charge in [-0.2, -0.15) is 10.1 Å². The topological polar surface area (TPSA) is 75.6 Å². The molecule has 0 saturated heterocycles. The molecule has 114 valence electrons. The van der Waals surface area contributed by atoms with E-state index in [1.807, 2.05) is 51.1 Å². The largest absolute Gasteiger partial charge is 0.349 e. The summed E-state index contributed by atoms with van der Waals surface area (Å²) >= 11 is 0. The predicted octanol–water partition coefficient (Wildman–Crippen LogP) is 2.87. The van der Waals surface area contributed by atoms with E-state index in [1.54, 1.807) is 10.9 Å². The van der Waals surface area contributed by atoms with Crippen LogP contribution in [0.2, 0.25) is 0 Å². The molecule has 6 nitrogen and oxygen atoms in total. The first kappa shape index (κ1) is 14.3. The number of nitrogens with one attached hydrogen (secondary N) is 2. The van der Waals surface area contributed by atoms with Crippen molar-refractivity contribution < 1.29 is 0 Å². The standard InChI is InChI=1S/C16H19N5O/c1-10(2)21-14-13(9-17-21)15(22)20-16(19-14)18-11(3)12-7-5-4-6-8-12/h4-11H,1-3H3,(H2,18,19,20,22). The van der Waals surface area contributed by atoms with Gasteiger partial charge in [-0.15, -0.1) is 0 Å². The van der Waals surface area contributed by atoms with Crippen molar-refractivity contribution in [2.45, 2.75) is 32.9 Å². The maximum atomic E-state index is 12.2. The Morgan fingerprint density at radius 1 is 1.18 bits per heavy atom. The lowest BCUT2D eigenvalue weighted by Crippen LogP contribution is -2.16. The summed E-state index contributed by atoms with van der Waals surface area (Å²) in [7, 11) is 0. The summed E-state index contributed by atoms with van der Waals surface area (Å²) in [5.74, 6) is 0.455. The van der Waals surface area contributed by atoms with Crippen molar-refractivity contribution in [3.8, 4) is 0 Å². The van der Waals surface area contributed by atoms with Gasteiger partial charge in [-0.1, -0.05) is 30.3 Å². The molecule has 1 unspecified atom stereocenters. The van der Waals surface area contributed by atoms with E-state index in [9.17, 15) is 4.79 Å². The Hall–Kier alpha value is -2.63. The summed E-state index contributed by atoms with van der Waals surface area (Å²) in [5, 5.41) is 7.99. The SMILES string of the molecule is CC(Nc1nc2c(cnn2C(C)C)c(=O)[nH]1)c1ccccc1. The van der Waals surface area contributed by atoms with Crippen LogP contribution in [0.25, 0.3) is 11.0 Å². The third-order valence-corrected chi connectivity index (χ3v) is 3.61. The van der Waals surface area contributed by atoms with Gasteiger partial charge >= 0.3 is 0 Å². The number of benzene rings is 1. The van der Waals surface area contributed by atoms with Crippen LogP contribution in [-0.2, 0) is 0 Å². The molecule has 1 aromatic carbocycles. The first-order chi connectivity index (χ1) is 10.6. The van der Waals surface area contributed by atoms with Gasteiger partial charge in [-0.05, 0) is 26.3 Å². The van der Waals surface area contributed by atoms with Crippen LogP contribution < -0.4 is 10.9 Å². The highest BCUT2D eigenvalue weighted by Gasteiger charge is 2.13. The Labute approximate surface area is 128 Å². The molecule has 0 amide bonds. The highest BCUT2D eigenvalue weighted by atomic mass is 16.1.